The summed E-state index contributed by atoms with van der Waals surface area (Å²) in [4.78, 5) is 0. The minimum Gasteiger partial charge on any atom is -0.327 e. The van der Waals surface area contributed by atoms with Crippen molar-refractivity contribution >= 4 is 11.6 Å². The highest BCUT2D eigenvalue weighted by Gasteiger charge is 2.77. The molecule has 0 N–H and O–H groups in total. The summed E-state index contributed by atoms with van der Waals surface area (Å²) in [7, 11) is 0. The summed E-state index contributed by atoms with van der Waals surface area (Å²) in [5.74, 6) is -15.2. The molecule has 0 heterocycles. The van der Waals surface area contributed by atoms with Gasteiger partial charge < -0.3 is 4.74 Å². The van der Waals surface area contributed by atoms with E-state index < -0.39 is 41.6 Å². The SMILES string of the molecule is FC(F)(F)COC1(F)C(Cl)=CC(F)(F)C1(F)F. The van der Waals surface area contributed by atoms with Crippen molar-refractivity contribution in [2.24, 2.45) is 0 Å². The van der Waals surface area contributed by atoms with Crippen LogP contribution in [0.2, 0.25) is 0 Å². The lowest BCUT2D eigenvalue weighted by atomic mass is 10.1. The summed E-state index contributed by atoms with van der Waals surface area (Å²) in [6.07, 6.45) is -5.84. The van der Waals surface area contributed by atoms with Gasteiger partial charge in [0.2, 0.25) is 0 Å². The van der Waals surface area contributed by atoms with E-state index in [1.165, 1.54) is 0 Å². The van der Waals surface area contributed by atoms with Crippen LogP contribution in [0, 0.1) is 0 Å². The van der Waals surface area contributed by atoms with Gasteiger partial charge in [0.15, 0.2) is 0 Å². The number of alkyl halides is 8. The van der Waals surface area contributed by atoms with Crippen LogP contribution in [-0.2, 0) is 4.74 Å². The normalized spacial score (nSPS) is 31.5. The van der Waals surface area contributed by atoms with Crippen molar-refractivity contribution in [1.29, 1.82) is 0 Å². The van der Waals surface area contributed by atoms with Crippen LogP contribution < -0.4 is 0 Å². The summed E-state index contributed by atoms with van der Waals surface area (Å²) in [6, 6.07) is 0. The van der Waals surface area contributed by atoms with Gasteiger partial charge in [-0.3, -0.25) is 0 Å². The van der Waals surface area contributed by atoms with Gasteiger partial charge in [0, 0.05) is 6.08 Å². The van der Waals surface area contributed by atoms with Gasteiger partial charge in [0.25, 0.3) is 0 Å². The second kappa shape index (κ2) is 3.71. The van der Waals surface area contributed by atoms with Crippen molar-refractivity contribution in [3.8, 4) is 0 Å². The van der Waals surface area contributed by atoms with Gasteiger partial charge in [-0.1, -0.05) is 11.6 Å². The summed E-state index contributed by atoms with van der Waals surface area (Å²) >= 11 is 4.75. The Balaban J connectivity index is 3.00. The molecule has 0 spiro atoms. The fourth-order valence-corrected chi connectivity index (χ4v) is 1.36. The molecular formula is C7H3ClF8O. The van der Waals surface area contributed by atoms with Crippen LogP contribution in [0.1, 0.15) is 0 Å². The highest BCUT2D eigenvalue weighted by Crippen LogP contribution is 2.56. The third kappa shape index (κ3) is 2.22. The molecule has 0 aromatic heterocycles. The number of halogens is 9. The summed E-state index contributed by atoms with van der Waals surface area (Å²) in [5.41, 5.74) is 0. The Morgan fingerprint density at radius 1 is 1.12 bits per heavy atom. The van der Waals surface area contributed by atoms with Crippen molar-refractivity contribution in [2.75, 3.05) is 6.61 Å². The largest absolute Gasteiger partial charge is 0.411 e. The van der Waals surface area contributed by atoms with E-state index >= 15 is 0 Å². The van der Waals surface area contributed by atoms with Gasteiger partial charge >= 0.3 is 23.9 Å². The Labute approximate surface area is 94.0 Å². The summed E-state index contributed by atoms with van der Waals surface area (Å²) in [6.45, 7) is -2.47. The van der Waals surface area contributed by atoms with E-state index in [1.807, 2.05) is 0 Å². The average Bonchev–Trinajstić information content (AvgIpc) is 2.21. The van der Waals surface area contributed by atoms with Crippen molar-refractivity contribution in [2.45, 2.75) is 23.9 Å². The Bertz CT molecular complexity index is 348. The molecule has 0 bridgehead atoms. The van der Waals surface area contributed by atoms with Crippen molar-refractivity contribution in [3.05, 3.63) is 11.1 Å². The fourth-order valence-electron chi connectivity index (χ4n) is 1.05. The zero-order valence-electron chi connectivity index (χ0n) is 7.59. The van der Waals surface area contributed by atoms with E-state index in [9.17, 15) is 35.1 Å². The number of allylic oxidation sites excluding steroid dienone is 1. The molecule has 17 heavy (non-hydrogen) atoms. The first-order valence-electron chi connectivity index (χ1n) is 3.87. The monoisotopic (exact) mass is 290 g/mol. The summed E-state index contributed by atoms with van der Waals surface area (Å²) < 4.78 is 102. The average molecular weight is 291 g/mol. The maximum atomic E-state index is 13.4. The third-order valence-corrected chi connectivity index (χ3v) is 2.22. The topological polar surface area (TPSA) is 9.23 Å². The molecule has 1 atom stereocenters. The molecule has 0 saturated heterocycles. The second-order valence-corrected chi connectivity index (χ2v) is 3.60. The molecule has 0 aliphatic heterocycles. The van der Waals surface area contributed by atoms with Crippen LogP contribution in [0.3, 0.4) is 0 Å². The van der Waals surface area contributed by atoms with Gasteiger partial charge in [0.05, 0.1) is 5.03 Å². The number of hydrogen-bond donors (Lipinski definition) is 0. The zero-order chi connectivity index (χ0) is 13.7. The molecule has 1 aliphatic rings. The molecule has 100 valence electrons. The van der Waals surface area contributed by atoms with Gasteiger partial charge in [-0.15, -0.1) is 0 Å². The smallest absolute Gasteiger partial charge is 0.327 e. The number of ether oxygens (including phenoxy) is 1. The molecule has 0 saturated carbocycles. The van der Waals surface area contributed by atoms with Gasteiger partial charge in [-0.2, -0.15) is 35.1 Å². The molecule has 1 unspecified atom stereocenters. The molecule has 0 aromatic rings. The van der Waals surface area contributed by atoms with Gasteiger partial charge in [0.1, 0.15) is 6.61 Å². The standard InChI is InChI=1S/C7H3ClF8O/c8-3-1-4(9,10)7(15,16)6(3,14)17-2-5(11,12)13/h1H,2H2. The number of rotatable bonds is 2. The maximum absolute atomic E-state index is 13.4. The van der Waals surface area contributed by atoms with Crippen LogP contribution >= 0.6 is 11.6 Å². The molecule has 1 rings (SSSR count). The Morgan fingerprint density at radius 3 is 1.88 bits per heavy atom. The lowest BCUT2D eigenvalue weighted by Crippen LogP contribution is -2.53. The molecule has 0 amide bonds. The Kier molecular flexibility index (Phi) is 3.16. The van der Waals surface area contributed by atoms with Crippen LogP contribution in [0.4, 0.5) is 35.1 Å². The van der Waals surface area contributed by atoms with Crippen molar-refractivity contribution in [3.63, 3.8) is 0 Å². The van der Waals surface area contributed by atoms with Crippen LogP contribution in [0.15, 0.2) is 11.1 Å². The van der Waals surface area contributed by atoms with Crippen molar-refractivity contribution < 1.29 is 39.9 Å². The molecule has 0 aromatic carbocycles. The van der Waals surface area contributed by atoms with Gasteiger partial charge in [-0.25, -0.2) is 0 Å². The predicted molar refractivity (Wildman–Crippen MR) is 39.7 cm³/mol. The first kappa shape index (κ1) is 14.5. The van der Waals surface area contributed by atoms with E-state index in [4.69, 9.17) is 11.6 Å². The van der Waals surface area contributed by atoms with Gasteiger partial charge in [-0.05, 0) is 0 Å². The lowest BCUT2D eigenvalue weighted by molar-refractivity contribution is -0.324. The van der Waals surface area contributed by atoms with Crippen LogP contribution in [-0.4, -0.2) is 30.5 Å². The minimum absolute atomic E-state index is 0.676. The zero-order valence-corrected chi connectivity index (χ0v) is 8.35. The van der Waals surface area contributed by atoms with E-state index in [1.54, 1.807) is 0 Å². The molecule has 0 fully saturated rings. The van der Waals surface area contributed by atoms with E-state index in [0.717, 1.165) is 0 Å². The van der Waals surface area contributed by atoms with E-state index in [0.29, 0.717) is 0 Å². The molecule has 1 nitrogen and oxygen atoms in total. The molecule has 1 aliphatic carbocycles. The Hall–Kier alpha value is -0.570. The quantitative estimate of drug-likeness (QED) is 0.706. The lowest BCUT2D eigenvalue weighted by Gasteiger charge is -2.30. The third-order valence-electron chi connectivity index (χ3n) is 1.87. The molecule has 10 heteroatoms. The fraction of sp³-hybridized carbons (Fsp3) is 0.714. The van der Waals surface area contributed by atoms with E-state index in [-0.39, 0.29) is 0 Å². The predicted octanol–water partition coefficient (Wildman–Crippen LogP) is 3.64. The van der Waals surface area contributed by atoms with E-state index in [2.05, 4.69) is 4.74 Å². The molecule has 0 radical (unpaired) electrons. The number of hydrogen-bond acceptors (Lipinski definition) is 1. The highest BCUT2D eigenvalue weighted by atomic mass is 35.5. The first-order chi connectivity index (χ1) is 7.33. The summed E-state index contributed by atoms with van der Waals surface area (Å²) in [5, 5.41) is -1.82. The highest BCUT2D eigenvalue weighted by molar-refractivity contribution is 6.31. The van der Waals surface area contributed by atoms with Crippen LogP contribution in [0.25, 0.3) is 0 Å². The Morgan fingerprint density at radius 2 is 1.59 bits per heavy atom. The first-order valence-corrected chi connectivity index (χ1v) is 4.25. The second-order valence-electron chi connectivity index (χ2n) is 3.19. The van der Waals surface area contributed by atoms with Crippen molar-refractivity contribution in [1.82, 2.24) is 0 Å². The maximum Gasteiger partial charge on any atom is 0.411 e. The molecular weight excluding hydrogens is 288 g/mol. The minimum atomic E-state index is -5.51. The van der Waals surface area contributed by atoms with Crippen LogP contribution in [0.5, 0.6) is 0 Å².